The number of furan rings is 1. The number of hydrogen-bond donors (Lipinski definition) is 2. The van der Waals surface area contributed by atoms with E-state index in [1.165, 1.54) is 0 Å². The largest absolute Gasteiger partial charge is 1.00 e. The number of hydrogen-bond acceptors (Lipinski definition) is 5. The molecule has 140 valence electrons. The molecule has 2 aromatic carbocycles. The number of nitrogens with one attached hydrogen (secondary N) is 1. The van der Waals surface area contributed by atoms with Gasteiger partial charge in [-0.15, -0.1) is 0 Å². The van der Waals surface area contributed by atoms with Crippen molar-refractivity contribution in [3.05, 3.63) is 71.5 Å². The van der Waals surface area contributed by atoms with E-state index in [0.29, 0.717) is 18.8 Å². The summed E-state index contributed by atoms with van der Waals surface area (Å²) in [7, 11) is 0. The van der Waals surface area contributed by atoms with Crippen molar-refractivity contribution in [3.63, 3.8) is 0 Å². The van der Waals surface area contributed by atoms with E-state index in [1.807, 2.05) is 36.4 Å². The number of halogens is 1. The summed E-state index contributed by atoms with van der Waals surface area (Å²) in [5.41, 5.74) is 2.07. The highest BCUT2D eigenvalue weighted by atomic mass is 35.5. The molecule has 0 unspecified atom stereocenters. The van der Waals surface area contributed by atoms with Crippen molar-refractivity contribution in [2.24, 2.45) is 0 Å². The number of carbonyl (C=O) groups is 1. The third-order valence-electron chi connectivity index (χ3n) is 4.12. The van der Waals surface area contributed by atoms with Crippen LogP contribution in [0.3, 0.4) is 0 Å². The predicted octanol–water partition coefficient (Wildman–Crippen LogP) is 0.667. The zero-order valence-corrected chi connectivity index (χ0v) is 15.0. The van der Waals surface area contributed by atoms with Gasteiger partial charge in [-0.3, -0.25) is 0 Å². The average molecular weight is 387 g/mol. The van der Waals surface area contributed by atoms with Crippen molar-refractivity contribution in [2.45, 2.75) is 13.1 Å². The van der Waals surface area contributed by atoms with E-state index in [0.717, 1.165) is 28.4 Å². The molecule has 1 aliphatic rings. The van der Waals surface area contributed by atoms with E-state index in [2.05, 4.69) is 5.32 Å². The summed E-state index contributed by atoms with van der Waals surface area (Å²) in [6, 6.07) is 16.3. The van der Waals surface area contributed by atoms with E-state index in [1.54, 1.807) is 18.2 Å². The fraction of sp³-hybridized carbons (Fsp3) is 0.150. The molecule has 0 radical (unpaired) electrons. The third kappa shape index (κ3) is 4.24. The number of carboxylic acid groups (broad SMARTS) is 1. The van der Waals surface area contributed by atoms with Gasteiger partial charge >= 0.3 is 5.97 Å². The predicted molar refractivity (Wildman–Crippen MR) is 94.2 cm³/mol. The van der Waals surface area contributed by atoms with Gasteiger partial charge in [-0.05, 0) is 42.0 Å². The monoisotopic (exact) mass is 386 g/mol. The van der Waals surface area contributed by atoms with Gasteiger partial charge in [0.2, 0.25) is 6.79 Å². The second kappa shape index (κ2) is 8.16. The molecule has 0 fully saturated rings. The number of aromatic carboxylic acids is 1. The van der Waals surface area contributed by atoms with E-state index in [-0.39, 0.29) is 24.8 Å². The van der Waals surface area contributed by atoms with Gasteiger partial charge in [0.25, 0.3) is 0 Å². The summed E-state index contributed by atoms with van der Waals surface area (Å²) in [6.07, 6.45) is 0. The minimum absolute atomic E-state index is 0. The van der Waals surface area contributed by atoms with Gasteiger partial charge in [-0.1, -0.05) is 18.2 Å². The highest BCUT2D eigenvalue weighted by Gasteiger charge is 2.13. The Labute approximate surface area is 162 Å². The van der Waals surface area contributed by atoms with Crippen LogP contribution in [0.1, 0.15) is 21.7 Å². The van der Waals surface area contributed by atoms with Crippen molar-refractivity contribution in [1.29, 1.82) is 0 Å². The topological polar surface area (TPSA) is 80.9 Å². The Bertz CT molecular complexity index is 953. The van der Waals surface area contributed by atoms with Crippen LogP contribution < -0.4 is 27.2 Å². The summed E-state index contributed by atoms with van der Waals surface area (Å²) >= 11 is 0. The van der Waals surface area contributed by atoms with Crippen LogP contribution in [0.15, 0.2) is 59.0 Å². The number of rotatable bonds is 6. The molecule has 2 heterocycles. The quantitative estimate of drug-likeness (QED) is 0.648. The fourth-order valence-electron chi connectivity index (χ4n) is 2.81. The molecule has 0 bridgehead atoms. The summed E-state index contributed by atoms with van der Waals surface area (Å²) in [6.45, 7) is 1.50. The van der Waals surface area contributed by atoms with Crippen molar-refractivity contribution in [2.75, 3.05) is 6.79 Å². The Hall–Kier alpha value is -2.96. The summed E-state index contributed by atoms with van der Waals surface area (Å²) in [5.74, 6) is 2.01. The molecule has 0 saturated carbocycles. The van der Waals surface area contributed by atoms with Gasteiger partial charge in [0.1, 0.15) is 11.5 Å². The SMILES string of the molecule is O=C(O)c1cccc(-c2ccc(CNCc3ccc4c(c3)OCO4)o2)c1.[Cl-]. The summed E-state index contributed by atoms with van der Waals surface area (Å²) in [5, 5.41) is 12.4. The highest BCUT2D eigenvalue weighted by molar-refractivity contribution is 5.89. The first-order valence-corrected chi connectivity index (χ1v) is 8.21. The van der Waals surface area contributed by atoms with E-state index >= 15 is 0 Å². The molecule has 2 N–H and O–H groups in total. The first-order chi connectivity index (χ1) is 12.7. The maximum Gasteiger partial charge on any atom is 0.335 e. The van der Waals surface area contributed by atoms with Gasteiger partial charge in [0.15, 0.2) is 11.5 Å². The smallest absolute Gasteiger partial charge is 0.335 e. The Morgan fingerprint density at radius 1 is 1.00 bits per heavy atom. The average Bonchev–Trinajstić information content (AvgIpc) is 3.30. The molecule has 4 rings (SSSR count). The number of fused-ring (bicyclic) bond motifs is 1. The van der Waals surface area contributed by atoms with Crippen LogP contribution in [0.4, 0.5) is 0 Å². The zero-order chi connectivity index (χ0) is 17.9. The first kappa shape index (κ1) is 18.8. The van der Waals surface area contributed by atoms with Crippen molar-refractivity contribution in [3.8, 4) is 22.8 Å². The molecule has 0 amide bonds. The van der Waals surface area contributed by atoms with Crippen LogP contribution in [0.25, 0.3) is 11.3 Å². The molecular formula is C20H17ClNO5-. The Balaban J connectivity index is 0.00000210. The number of benzene rings is 2. The standard InChI is InChI=1S/C20H17NO5.ClH/c22-20(23)15-3-1-2-14(9-15)17-7-5-16(26-17)11-21-10-13-4-6-18-19(8-13)25-12-24-18;/h1-9,21H,10-12H2,(H,22,23);1H/p-1. The number of carboxylic acids is 1. The molecule has 3 aromatic rings. The lowest BCUT2D eigenvalue weighted by Gasteiger charge is -2.05. The van der Waals surface area contributed by atoms with Gasteiger partial charge in [-0.2, -0.15) is 0 Å². The lowest BCUT2D eigenvalue weighted by molar-refractivity contribution is -0.0000227. The fourth-order valence-corrected chi connectivity index (χ4v) is 2.81. The van der Waals surface area contributed by atoms with Gasteiger partial charge < -0.3 is 36.7 Å². The molecule has 1 aromatic heterocycles. The Morgan fingerprint density at radius 2 is 1.85 bits per heavy atom. The number of ether oxygens (including phenoxy) is 2. The van der Waals surface area contributed by atoms with Crippen LogP contribution in [0.2, 0.25) is 0 Å². The van der Waals surface area contributed by atoms with Crippen LogP contribution in [0.5, 0.6) is 11.5 Å². The van der Waals surface area contributed by atoms with Gasteiger partial charge in [0.05, 0.1) is 12.1 Å². The molecule has 1 aliphatic heterocycles. The Kier molecular flexibility index (Phi) is 5.69. The van der Waals surface area contributed by atoms with E-state index in [4.69, 9.17) is 19.0 Å². The molecular weight excluding hydrogens is 370 g/mol. The van der Waals surface area contributed by atoms with Crippen molar-refractivity contribution < 1.29 is 36.2 Å². The molecule has 0 spiro atoms. The van der Waals surface area contributed by atoms with Crippen molar-refractivity contribution >= 4 is 5.97 Å². The second-order valence-electron chi connectivity index (χ2n) is 5.94. The Morgan fingerprint density at radius 3 is 2.70 bits per heavy atom. The van der Waals surface area contributed by atoms with E-state index in [9.17, 15) is 4.79 Å². The molecule has 0 atom stereocenters. The minimum atomic E-state index is -0.955. The highest BCUT2D eigenvalue weighted by Crippen LogP contribution is 2.32. The van der Waals surface area contributed by atoms with Gasteiger partial charge in [-0.25, -0.2) is 4.79 Å². The van der Waals surface area contributed by atoms with Crippen LogP contribution in [0, 0.1) is 0 Å². The molecule has 0 saturated heterocycles. The summed E-state index contributed by atoms with van der Waals surface area (Å²) < 4.78 is 16.5. The van der Waals surface area contributed by atoms with E-state index < -0.39 is 5.97 Å². The van der Waals surface area contributed by atoms with Crippen LogP contribution in [-0.2, 0) is 13.1 Å². The minimum Gasteiger partial charge on any atom is -1.00 e. The lowest BCUT2D eigenvalue weighted by atomic mass is 10.1. The van der Waals surface area contributed by atoms with Crippen LogP contribution >= 0.6 is 0 Å². The normalized spacial score (nSPS) is 11.9. The first-order valence-electron chi connectivity index (χ1n) is 8.21. The summed E-state index contributed by atoms with van der Waals surface area (Å²) in [4.78, 5) is 11.1. The molecule has 27 heavy (non-hydrogen) atoms. The molecule has 7 heteroatoms. The van der Waals surface area contributed by atoms with Gasteiger partial charge in [0, 0.05) is 12.1 Å². The second-order valence-corrected chi connectivity index (χ2v) is 5.94. The molecule has 6 nitrogen and oxygen atoms in total. The molecule has 0 aliphatic carbocycles. The zero-order valence-electron chi connectivity index (χ0n) is 14.3. The lowest BCUT2D eigenvalue weighted by Crippen LogP contribution is -3.00. The van der Waals surface area contributed by atoms with Crippen LogP contribution in [-0.4, -0.2) is 17.9 Å². The third-order valence-corrected chi connectivity index (χ3v) is 4.12. The maximum atomic E-state index is 11.1. The maximum absolute atomic E-state index is 11.1. The van der Waals surface area contributed by atoms with Crippen molar-refractivity contribution in [1.82, 2.24) is 5.32 Å².